The van der Waals surface area contributed by atoms with Gasteiger partial charge in [-0.2, -0.15) is 0 Å². The van der Waals surface area contributed by atoms with E-state index in [1.165, 1.54) is 55.6 Å². The van der Waals surface area contributed by atoms with Crippen molar-refractivity contribution in [2.75, 3.05) is 0 Å². The summed E-state index contributed by atoms with van der Waals surface area (Å²) >= 11 is 0. The van der Waals surface area contributed by atoms with Crippen LogP contribution in [0.4, 0.5) is 0 Å². The summed E-state index contributed by atoms with van der Waals surface area (Å²) in [6.07, 6.45) is 0.841. The van der Waals surface area contributed by atoms with Crippen LogP contribution in [-0.4, -0.2) is 0 Å². The second-order valence-electron chi connectivity index (χ2n) is 9.26. The van der Waals surface area contributed by atoms with Gasteiger partial charge in [-0.25, -0.2) is 0 Å². The Balaban J connectivity index is 1.77. The predicted octanol–water partition coefficient (Wildman–Crippen LogP) is 9.75. The van der Waals surface area contributed by atoms with E-state index in [0.29, 0.717) is 0 Å². The van der Waals surface area contributed by atoms with Gasteiger partial charge in [0.05, 0.1) is 0 Å². The smallest absolute Gasteiger partial charge is 0.00177 e. The Morgan fingerprint density at radius 1 is 0.405 bits per heavy atom. The number of hydrogen-bond acceptors (Lipinski definition) is 0. The van der Waals surface area contributed by atoms with E-state index in [2.05, 4.69) is 146 Å². The Bertz CT molecular complexity index is 1590. The monoisotopic (exact) mass is 471 g/mol. The van der Waals surface area contributed by atoms with Crippen LogP contribution < -0.4 is 0 Å². The second kappa shape index (κ2) is 10.5. The largest absolute Gasteiger partial charge is 0.0622 e. The van der Waals surface area contributed by atoms with Gasteiger partial charge in [0.25, 0.3) is 0 Å². The summed E-state index contributed by atoms with van der Waals surface area (Å²) in [4.78, 5) is 0. The molecule has 6 aromatic carbocycles. The van der Waals surface area contributed by atoms with Crippen LogP contribution in [0.25, 0.3) is 44.5 Å². The van der Waals surface area contributed by atoms with Gasteiger partial charge >= 0.3 is 0 Å². The van der Waals surface area contributed by atoms with Crippen molar-refractivity contribution in [2.24, 2.45) is 0 Å². The minimum absolute atomic E-state index is 0.841. The first-order chi connectivity index (χ1) is 18.4. The van der Waals surface area contributed by atoms with Crippen molar-refractivity contribution in [1.29, 1.82) is 0 Å². The fourth-order valence-corrected chi connectivity index (χ4v) is 5.22. The minimum Gasteiger partial charge on any atom is -0.0622 e. The topological polar surface area (TPSA) is 0 Å². The molecule has 0 amide bonds. The third-order valence-corrected chi connectivity index (χ3v) is 6.86. The van der Waals surface area contributed by atoms with Crippen molar-refractivity contribution < 1.29 is 0 Å². The van der Waals surface area contributed by atoms with Crippen molar-refractivity contribution in [1.82, 2.24) is 0 Å². The van der Waals surface area contributed by atoms with Crippen molar-refractivity contribution in [3.63, 3.8) is 0 Å². The summed E-state index contributed by atoms with van der Waals surface area (Å²) in [5.74, 6) is 0. The van der Waals surface area contributed by atoms with Crippen molar-refractivity contribution in [3.8, 4) is 44.5 Å². The van der Waals surface area contributed by atoms with E-state index >= 15 is 0 Å². The SMILES string of the molecule is [c]1ccc(Cc2cc(-c3ccccc3)c(-c3ccccc3)c(-c3ccccc3)c2-c2ccccc2)cc1. The molecule has 6 rings (SSSR count). The highest BCUT2D eigenvalue weighted by molar-refractivity contribution is 6.03. The Morgan fingerprint density at radius 2 is 0.838 bits per heavy atom. The molecular weight excluding hydrogens is 444 g/mol. The zero-order chi connectivity index (χ0) is 24.9. The van der Waals surface area contributed by atoms with Crippen LogP contribution >= 0.6 is 0 Å². The van der Waals surface area contributed by atoms with Gasteiger partial charge in [0.1, 0.15) is 0 Å². The molecule has 0 N–H and O–H groups in total. The molecule has 0 aliphatic rings. The highest BCUT2D eigenvalue weighted by Crippen LogP contribution is 2.47. The normalized spacial score (nSPS) is 10.8. The van der Waals surface area contributed by atoms with Gasteiger partial charge < -0.3 is 0 Å². The van der Waals surface area contributed by atoms with Crippen LogP contribution in [0.2, 0.25) is 0 Å². The molecule has 0 heteroatoms. The van der Waals surface area contributed by atoms with Gasteiger partial charge in [-0.05, 0) is 74.2 Å². The first kappa shape index (κ1) is 22.8. The summed E-state index contributed by atoms with van der Waals surface area (Å²) in [7, 11) is 0. The molecule has 37 heavy (non-hydrogen) atoms. The summed E-state index contributed by atoms with van der Waals surface area (Å²) in [6.45, 7) is 0. The maximum atomic E-state index is 3.17. The van der Waals surface area contributed by atoms with Crippen molar-refractivity contribution >= 4 is 0 Å². The Kier molecular flexibility index (Phi) is 6.47. The quantitative estimate of drug-likeness (QED) is 0.227. The van der Waals surface area contributed by atoms with Crippen LogP contribution in [0.15, 0.2) is 152 Å². The molecule has 0 aliphatic heterocycles. The molecule has 0 aromatic heterocycles. The van der Waals surface area contributed by atoms with E-state index in [-0.39, 0.29) is 0 Å². The minimum atomic E-state index is 0.841. The summed E-state index contributed by atoms with van der Waals surface area (Å²) in [5.41, 5.74) is 12.6. The molecule has 6 aromatic rings. The van der Waals surface area contributed by atoms with Crippen LogP contribution in [0.3, 0.4) is 0 Å². The lowest BCUT2D eigenvalue weighted by molar-refractivity contribution is 1.20. The summed E-state index contributed by atoms with van der Waals surface area (Å²) in [6, 6.07) is 57.3. The van der Waals surface area contributed by atoms with E-state index in [9.17, 15) is 0 Å². The fourth-order valence-electron chi connectivity index (χ4n) is 5.22. The lowest BCUT2D eigenvalue weighted by Gasteiger charge is -2.24. The molecule has 0 unspecified atom stereocenters. The van der Waals surface area contributed by atoms with E-state index < -0.39 is 0 Å². The van der Waals surface area contributed by atoms with Crippen LogP contribution in [0.5, 0.6) is 0 Å². The van der Waals surface area contributed by atoms with Gasteiger partial charge in [0, 0.05) is 0 Å². The van der Waals surface area contributed by atoms with Gasteiger partial charge in [0.15, 0.2) is 0 Å². The summed E-state index contributed by atoms with van der Waals surface area (Å²) < 4.78 is 0. The first-order valence-corrected chi connectivity index (χ1v) is 12.7. The number of hydrogen-bond donors (Lipinski definition) is 0. The molecule has 1 radical (unpaired) electrons. The molecule has 0 heterocycles. The Morgan fingerprint density at radius 3 is 1.35 bits per heavy atom. The van der Waals surface area contributed by atoms with E-state index in [0.717, 1.165) is 6.42 Å². The van der Waals surface area contributed by atoms with Crippen molar-refractivity contribution in [3.05, 3.63) is 169 Å². The molecule has 0 nitrogen and oxygen atoms in total. The predicted molar refractivity (Wildman–Crippen MR) is 156 cm³/mol. The third-order valence-electron chi connectivity index (χ3n) is 6.86. The lowest BCUT2D eigenvalue weighted by atomic mass is 9.79. The maximum absolute atomic E-state index is 3.17. The zero-order valence-corrected chi connectivity index (χ0v) is 20.6. The molecule has 0 bridgehead atoms. The molecule has 0 aliphatic carbocycles. The highest BCUT2D eigenvalue weighted by Gasteiger charge is 2.22. The molecule has 0 atom stereocenters. The van der Waals surface area contributed by atoms with E-state index in [1.807, 2.05) is 12.1 Å². The fraction of sp³-hybridized carbons (Fsp3) is 0.0270. The second-order valence-corrected chi connectivity index (χ2v) is 9.26. The van der Waals surface area contributed by atoms with Gasteiger partial charge in [-0.15, -0.1) is 0 Å². The van der Waals surface area contributed by atoms with Crippen molar-refractivity contribution in [2.45, 2.75) is 6.42 Å². The zero-order valence-electron chi connectivity index (χ0n) is 20.6. The lowest BCUT2D eigenvalue weighted by Crippen LogP contribution is -2.01. The number of benzene rings is 6. The molecule has 0 saturated carbocycles. The molecular formula is C37H27. The molecule has 0 saturated heterocycles. The average Bonchev–Trinajstić information content (AvgIpc) is 2.99. The average molecular weight is 472 g/mol. The maximum Gasteiger partial charge on any atom is -0.00177 e. The molecule has 175 valence electrons. The standard InChI is InChI=1S/C37H27/c1-6-16-28(17-7-1)26-33-27-34(29-18-8-2-9-19-29)36(31-22-12-4-13-23-31)37(32-24-14-5-15-25-32)35(33)30-20-10-3-11-21-30/h2-25,27H,26H2. The van der Waals surface area contributed by atoms with E-state index in [4.69, 9.17) is 0 Å². The third kappa shape index (κ3) is 4.75. The van der Waals surface area contributed by atoms with E-state index in [1.54, 1.807) is 0 Å². The highest BCUT2D eigenvalue weighted by atomic mass is 14.3. The summed E-state index contributed by atoms with van der Waals surface area (Å²) in [5, 5.41) is 0. The Labute approximate surface area is 219 Å². The van der Waals surface area contributed by atoms with Crippen LogP contribution in [-0.2, 0) is 6.42 Å². The molecule has 0 spiro atoms. The Hall–Kier alpha value is -4.68. The van der Waals surface area contributed by atoms with Gasteiger partial charge in [-0.1, -0.05) is 146 Å². The van der Waals surface area contributed by atoms with Gasteiger partial charge in [-0.3, -0.25) is 0 Å². The first-order valence-electron chi connectivity index (χ1n) is 12.7. The van der Waals surface area contributed by atoms with Crippen LogP contribution in [0, 0.1) is 6.07 Å². The number of rotatable bonds is 6. The van der Waals surface area contributed by atoms with Crippen LogP contribution in [0.1, 0.15) is 11.1 Å². The molecule has 0 fully saturated rings. The van der Waals surface area contributed by atoms with Gasteiger partial charge in [0.2, 0.25) is 0 Å².